The molecule has 0 saturated carbocycles. The summed E-state index contributed by atoms with van der Waals surface area (Å²) in [6, 6.07) is 10.4. The molecule has 216 valence electrons. The van der Waals surface area contributed by atoms with E-state index in [2.05, 4.69) is 36.5 Å². The van der Waals surface area contributed by atoms with E-state index in [0.717, 1.165) is 78.5 Å². The molecule has 2 heterocycles. The van der Waals surface area contributed by atoms with Crippen LogP contribution >= 0.6 is 0 Å². The maximum atomic E-state index is 13.7. The summed E-state index contributed by atoms with van der Waals surface area (Å²) in [5, 5.41) is 4.29. The summed E-state index contributed by atoms with van der Waals surface area (Å²) in [6.45, 7) is 13.7. The van der Waals surface area contributed by atoms with Crippen molar-refractivity contribution in [3.63, 3.8) is 0 Å². The first-order valence-electron chi connectivity index (χ1n) is 14.4. The average Bonchev–Trinajstić information content (AvgIpc) is 3.42. The van der Waals surface area contributed by atoms with Gasteiger partial charge in [-0.2, -0.15) is 5.10 Å². The lowest BCUT2D eigenvalue weighted by Crippen LogP contribution is -2.45. The molecular formula is C36H39N3O3. The molecule has 5 rings (SSSR count). The molecule has 42 heavy (non-hydrogen) atoms. The smallest absolute Gasteiger partial charge is 0.253 e. The first kappa shape index (κ1) is 29.1. The molecule has 0 unspecified atom stereocenters. The maximum absolute atomic E-state index is 13.7. The van der Waals surface area contributed by atoms with Gasteiger partial charge in [-0.15, -0.1) is 0 Å². The number of carbonyl (C=O) groups excluding carboxylic acids is 2. The van der Waals surface area contributed by atoms with Crippen LogP contribution in [0.15, 0.2) is 79.7 Å². The van der Waals surface area contributed by atoms with Crippen molar-refractivity contribution in [3.05, 3.63) is 108 Å². The highest BCUT2D eigenvalue weighted by Gasteiger charge is 2.40. The Balaban J connectivity index is 1.30. The summed E-state index contributed by atoms with van der Waals surface area (Å²) in [4.78, 5) is 26.6. The molecule has 0 radical (unpaired) electrons. The number of hydrogen-bond donors (Lipinski definition) is 0. The maximum Gasteiger partial charge on any atom is 0.253 e. The van der Waals surface area contributed by atoms with Crippen LogP contribution in [0.5, 0.6) is 5.75 Å². The van der Waals surface area contributed by atoms with Crippen LogP contribution in [0.2, 0.25) is 0 Å². The molecule has 1 spiro atoms. The lowest BCUT2D eigenvalue weighted by atomic mass is 9.64. The Bertz CT molecular complexity index is 1630. The van der Waals surface area contributed by atoms with Gasteiger partial charge in [-0.05, 0) is 96.5 Å². The second-order valence-electron chi connectivity index (χ2n) is 11.7. The molecule has 6 heteroatoms. The van der Waals surface area contributed by atoms with E-state index in [9.17, 15) is 9.59 Å². The number of aldehydes is 1. The highest BCUT2D eigenvalue weighted by Crippen LogP contribution is 2.48. The van der Waals surface area contributed by atoms with Crippen LogP contribution in [0.3, 0.4) is 0 Å². The highest BCUT2D eigenvalue weighted by atomic mass is 16.5. The predicted molar refractivity (Wildman–Crippen MR) is 169 cm³/mol. The number of aromatic nitrogens is 2. The quantitative estimate of drug-likeness (QED) is 0.177. The molecule has 2 aliphatic rings. The van der Waals surface area contributed by atoms with E-state index >= 15 is 0 Å². The fourth-order valence-electron chi connectivity index (χ4n) is 6.53. The molecule has 0 N–H and O–H groups in total. The molecule has 3 aromatic rings. The first-order valence-corrected chi connectivity index (χ1v) is 14.4. The molecule has 0 bridgehead atoms. The van der Waals surface area contributed by atoms with E-state index in [0.29, 0.717) is 16.9 Å². The van der Waals surface area contributed by atoms with E-state index < -0.39 is 0 Å². The van der Waals surface area contributed by atoms with Gasteiger partial charge < -0.3 is 9.64 Å². The van der Waals surface area contributed by atoms with Crippen LogP contribution in [0.1, 0.15) is 58.8 Å². The number of carbonyl (C=O) groups is 2. The molecule has 1 fully saturated rings. The Kier molecular flexibility index (Phi) is 8.17. The van der Waals surface area contributed by atoms with Gasteiger partial charge in [0.15, 0.2) is 0 Å². The van der Waals surface area contributed by atoms with Crippen molar-refractivity contribution in [2.45, 2.75) is 39.5 Å². The van der Waals surface area contributed by atoms with Gasteiger partial charge in [0.1, 0.15) is 12.0 Å². The molecular weight excluding hydrogens is 522 g/mol. The Morgan fingerprint density at radius 2 is 1.86 bits per heavy atom. The lowest BCUT2D eigenvalue weighted by molar-refractivity contribution is -0.104. The summed E-state index contributed by atoms with van der Waals surface area (Å²) in [6.07, 6.45) is 14.1. The second kappa shape index (κ2) is 11.8. The third-order valence-corrected chi connectivity index (χ3v) is 8.79. The summed E-state index contributed by atoms with van der Waals surface area (Å²) >= 11 is 0. The van der Waals surface area contributed by atoms with Crippen LogP contribution in [-0.4, -0.2) is 47.1 Å². The van der Waals surface area contributed by atoms with Gasteiger partial charge in [0.25, 0.3) is 5.91 Å². The van der Waals surface area contributed by atoms with Crippen molar-refractivity contribution in [2.75, 3.05) is 20.2 Å². The zero-order valence-electron chi connectivity index (χ0n) is 25.1. The molecule has 1 aromatic heterocycles. The van der Waals surface area contributed by atoms with Gasteiger partial charge >= 0.3 is 0 Å². The minimum absolute atomic E-state index is 0.0489. The SMILES string of the molecule is C=C(C=O)/C=C\C(=C/C)c1ccc2c(c1)C(=C)CC1(CCN(C(=O)c3cc(C)c(-c4cnn(C)c4)c(OC)c3)CC1)C2. The third-order valence-electron chi connectivity index (χ3n) is 8.79. The molecule has 6 nitrogen and oxygen atoms in total. The molecule has 2 aromatic carbocycles. The number of nitrogens with zero attached hydrogens (tertiary/aromatic N) is 3. The number of allylic oxidation sites excluding steroid dienone is 6. The average molecular weight is 562 g/mol. The Morgan fingerprint density at radius 1 is 1.10 bits per heavy atom. The number of piperidine rings is 1. The number of likely N-dealkylation sites (tertiary alicyclic amines) is 1. The normalized spacial score (nSPS) is 16.5. The van der Waals surface area contributed by atoms with Crippen molar-refractivity contribution < 1.29 is 14.3 Å². The zero-order chi connectivity index (χ0) is 30.0. The summed E-state index contributed by atoms with van der Waals surface area (Å²) in [5.41, 5.74) is 9.97. The second-order valence-corrected chi connectivity index (χ2v) is 11.7. The fraction of sp³-hybridized carbons (Fsp3) is 0.306. The van der Waals surface area contributed by atoms with Gasteiger partial charge in [0.2, 0.25) is 0 Å². The fourth-order valence-corrected chi connectivity index (χ4v) is 6.53. The molecule has 1 amide bonds. The van der Waals surface area contributed by atoms with Crippen molar-refractivity contribution in [3.8, 4) is 16.9 Å². The number of methoxy groups -OCH3 is 1. The number of hydrogen-bond acceptors (Lipinski definition) is 4. The van der Waals surface area contributed by atoms with E-state index in [1.807, 2.05) is 62.5 Å². The molecule has 1 aliphatic carbocycles. The third kappa shape index (κ3) is 5.67. The summed E-state index contributed by atoms with van der Waals surface area (Å²) in [5.74, 6) is 0.734. The van der Waals surface area contributed by atoms with Crippen LogP contribution in [-0.2, 0) is 18.3 Å². The van der Waals surface area contributed by atoms with Gasteiger partial charge in [0.05, 0.1) is 13.3 Å². The largest absolute Gasteiger partial charge is 0.496 e. The predicted octanol–water partition coefficient (Wildman–Crippen LogP) is 7.00. The van der Waals surface area contributed by atoms with Crippen LogP contribution in [0.25, 0.3) is 22.3 Å². The molecule has 0 atom stereocenters. The lowest BCUT2D eigenvalue weighted by Gasteiger charge is -2.45. The number of benzene rings is 2. The number of amides is 1. The first-order chi connectivity index (χ1) is 20.2. The van der Waals surface area contributed by atoms with Gasteiger partial charge in [-0.25, -0.2) is 0 Å². The number of ether oxygens (including phenoxy) is 1. The Labute approximate surface area is 248 Å². The standard InChI is InChI=1S/C36H39N3O3/c1-7-27(9-8-24(2)23-40)28-10-11-29-20-36(19-26(4)32(29)17-28)12-14-39(15-13-36)35(41)30-16-25(3)34(33(18-30)42-6)31-21-37-38(5)22-31/h7-11,16-18,21-23H,2,4,12-15,19-20H2,1,3,5-6H3/b9-8-,27-7+. The van der Waals surface area contributed by atoms with Gasteiger partial charge in [-0.3, -0.25) is 14.3 Å². The number of aryl methyl sites for hydroxylation is 2. The topological polar surface area (TPSA) is 64.4 Å². The van der Waals surface area contributed by atoms with Crippen molar-refractivity contribution in [1.82, 2.24) is 14.7 Å². The van der Waals surface area contributed by atoms with E-state index in [4.69, 9.17) is 4.74 Å². The van der Waals surface area contributed by atoms with Crippen LogP contribution < -0.4 is 4.74 Å². The van der Waals surface area contributed by atoms with Crippen molar-refractivity contribution >= 4 is 23.3 Å². The van der Waals surface area contributed by atoms with Crippen molar-refractivity contribution in [2.24, 2.45) is 12.5 Å². The minimum atomic E-state index is 0.0489. The number of rotatable bonds is 7. The summed E-state index contributed by atoms with van der Waals surface area (Å²) < 4.78 is 7.48. The highest BCUT2D eigenvalue weighted by molar-refractivity contribution is 5.96. The minimum Gasteiger partial charge on any atom is -0.496 e. The van der Waals surface area contributed by atoms with Gasteiger partial charge in [-0.1, -0.05) is 43.5 Å². The zero-order valence-corrected chi connectivity index (χ0v) is 25.1. The van der Waals surface area contributed by atoms with Crippen molar-refractivity contribution in [1.29, 1.82) is 0 Å². The van der Waals surface area contributed by atoms with E-state index in [-0.39, 0.29) is 11.3 Å². The van der Waals surface area contributed by atoms with Gasteiger partial charge in [0, 0.05) is 48.6 Å². The molecule has 1 aliphatic heterocycles. The van der Waals surface area contributed by atoms with E-state index in [1.54, 1.807) is 17.9 Å². The van der Waals surface area contributed by atoms with E-state index in [1.165, 1.54) is 11.1 Å². The van der Waals surface area contributed by atoms with Crippen LogP contribution in [0, 0.1) is 12.3 Å². The Hall–Kier alpha value is -4.45. The number of fused-ring (bicyclic) bond motifs is 1. The molecule has 1 saturated heterocycles. The van der Waals surface area contributed by atoms with Crippen LogP contribution in [0.4, 0.5) is 0 Å². The summed E-state index contributed by atoms with van der Waals surface area (Å²) in [7, 11) is 3.53. The Morgan fingerprint density at radius 3 is 2.50 bits per heavy atom. The monoisotopic (exact) mass is 561 g/mol.